The van der Waals surface area contributed by atoms with Gasteiger partial charge in [0, 0.05) is 31.6 Å². The van der Waals surface area contributed by atoms with Crippen LogP contribution in [0, 0.1) is 5.82 Å². The Kier molecular flexibility index (Phi) is 6.07. The van der Waals surface area contributed by atoms with Crippen LogP contribution in [0.2, 0.25) is 0 Å². The van der Waals surface area contributed by atoms with E-state index in [2.05, 4.69) is 5.32 Å². The zero-order valence-corrected chi connectivity index (χ0v) is 13.8. The lowest BCUT2D eigenvalue weighted by Crippen LogP contribution is -2.37. The summed E-state index contributed by atoms with van der Waals surface area (Å²) >= 11 is 0. The van der Waals surface area contributed by atoms with E-state index < -0.39 is 0 Å². The Morgan fingerprint density at radius 3 is 2.50 bits per heavy atom. The highest BCUT2D eigenvalue weighted by molar-refractivity contribution is 5.94. The highest BCUT2D eigenvalue weighted by Crippen LogP contribution is 2.08. The second-order valence-electron chi connectivity index (χ2n) is 5.82. The molecule has 0 aliphatic rings. The van der Waals surface area contributed by atoms with E-state index in [-0.39, 0.29) is 30.1 Å². The first-order valence-corrected chi connectivity index (χ1v) is 7.80. The highest BCUT2D eigenvalue weighted by Gasteiger charge is 2.16. The molecule has 0 saturated carbocycles. The van der Waals surface area contributed by atoms with E-state index in [0.29, 0.717) is 12.1 Å². The van der Waals surface area contributed by atoms with Crippen LogP contribution in [0.3, 0.4) is 0 Å². The van der Waals surface area contributed by atoms with E-state index in [4.69, 9.17) is 0 Å². The lowest BCUT2D eigenvalue weighted by Gasteiger charge is -2.20. The van der Waals surface area contributed by atoms with Gasteiger partial charge >= 0.3 is 0 Å². The van der Waals surface area contributed by atoms with Crippen molar-refractivity contribution in [2.45, 2.75) is 25.9 Å². The Balaban J connectivity index is 1.85. The van der Waals surface area contributed by atoms with E-state index in [1.54, 1.807) is 50.4 Å². The topological polar surface area (TPSA) is 49.4 Å². The monoisotopic (exact) mass is 328 g/mol. The molecule has 1 unspecified atom stereocenters. The van der Waals surface area contributed by atoms with Crippen LogP contribution in [0.5, 0.6) is 0 Å². The van der Waals surface area contributed by atoms with Gasteiger partial charge in [-0.15, -0.1) is 0 Å². The third kappa shape index (κ3) is 5.19. The first kappa shape index (κ1) is 17.7. The fourth-order valence-electron chi connectivity index (χ4n) is 2.36. The number of halogens is 1. The van der Waals surface area contributed by atoms with Gasteiger partial charge < -0.3 is 10.2 Å². The number of hydrogen-bond acceptors (Lipinski definition) is 2. The van der Waals surface area contributed by atoms with Crippen molar-refractivity contribution < 1.29 is 14.0 Å². The van der Waals surface area contributed by atoms with Crippen LogP contribution in [0.15, 0.2) is 54.6 Å². The minimum atomic E-state index is -0.322. The molecule has 2 aromatic carbocycles. The first-order chi connectivity index (χ1) is 11.5. The molecule has 1 N–H and O–H groups in total. The second kappa shape index (κ2) is 8.24. The third-order valence-electron chi connectivity index (χ3n) is 3.63. The maximum Gasteiger partial charge on any atom is 0.251 e. The molecule has 0 bridgehead atoms. The van der Waals surface area contributed by atoms with E-state index >= 15 is 0 Å². The molecule has 24 heavy (non-hydrogen) atoms. The van der Waals surface area contributed by atoms with E-state index in [9.17, 15) is 14.0 Å². The molecule has 0 radical (unpaired) electrons. The summed E-state index contributed by atoms with van der Waals surface area (Å²) in [6, 6.07) is 14.7. The van der Waals surface area contributed by atoms with Crippen molar-refractivity contribution in [1.82, 2.24) is 10.2 Å². The maximum absolute atomic E-state index is 13.2. The molecule has 0 aliphatic carbocycles. The lowest BCUT2D eigenvalue weighted by molar-refractivity contribution is -0.130. The van der Waals surface area contributed by atoms with Gasteiger partial charge in [0.2, 0.25) is 5.91 Å². The summed E-state index contributed by atoms with van der Waals surface area (Å²) in [4.78, 5) is 25.8. The number of carbonyl (C=O) groups is 2. The highest BCUT2D eigenvalue weighted by atomic mass is 19.1. The van der Waals surface area contributed by atoms with E-state index in [1.165, 1.54) is 17.0 Å². The minimum absolute atomic E-state index is 0.111. The zero-order valence-electron chi connectivity index (χ0n) is 13.8. The molecule has 2 amide bonds. The quantitative estimate of drug-likeness (QED) is 0.886. The van der Waals surface area contributed by atoms with Gasteiger partial charge in [0.1, 0.15) is 5.82 Å². The number of nitrogens with zero attached hydrogens (tertiary/aromatic N) is 1. The predicted molar refractivity (Wildman–Crippen MR) is 90.9 cm³/mol. The van der Waals surface area contributed by atoms with Crippen LogP contribution >= 0.6 is 0 Å². The lowest BCUT2D eigenvalue weighted by atomic mass is 10.1. The van der Waals surface area contributed by atoms with Crippen molar-refractivity contribution in [1.29, 1.82) is 0 Å². The Labute approximate surface area is 141 Å². The van der Waals surface area contributed by atoms with E-state index in [0.717, 1.165) is 5.56 Å². The summed E-state index contributed by atoms with van der Waals surface area (Å²) in [6.45, 7) is 2.12. The smallest absolute Gasteiger partial charge is 0.251 e. The van der Waals surface area contributed by atoms with Crippen molar-refractivity contribution in [2.75, 3.05) is 7.05 Å². The molecular formula is C19H21FN2O2. The molecule has 2 aromatic rings. The number of carbonyl (C=O) groups excluding carboxylic acids is 2. The Morgan fingerprint density at radius 2 is 1.83 bits per heavy atom. The summed E-state index contributed by atoms with van der Waals surface area (Å²) in [5, 5.41) is 2.81. The molecule has 0 aliphatic heterocycles. The molecule has 1 atom stereocenters. The molecule has 126 valence electrons. The maximum atomic E-state index is 13.2. The standard InChI is InChI=1S/C19H21FN2O2/c1-14(21-19(24)16-8-4-3-5-9-16)11-18(23)22(2)13-15-7-6-10-17(20)12-15/h3-10,12,14H,11,13H2,1-2H3,(H,21,24). The summed E-state index contributed by atoms with van der Waals surface area (Å²) in [7, 11) is 1.67. The Hall–Kier alpha value is -2.69. The average Bonchev–Trinajstić information content (AvgIpc) is 2.55. The number of amides is 2. The van der Waals surface area contributed by atoms with Gasteiger partial charge in [0.25, 0.3) is 5.91 Å². The molecule has 0 spiro atoms. The van der Waals surface area contributed by atoms with Gasteiger partial charge in [-0.3, -0.25) is 9.59 Å². The average molecular weight is 328 g/mol. The fourth-order valence-corrected chi connectivity index (χ4v) is 2.36. The van der Waals surface area contributed by atoms with Gasteiger partial charge in [-0.05, 0) is 36.8 Å². The molecule has 0 saturated heterocycles. The Morgan fingerprint density at radius 1 is 1.12 bits per heavy atom. The third-order valence-corrected chi connectivity index (χ3v) is 3.63. The van der Waals surface area contributed by atoms with Gasteiger partial charge in [0.15, 0.2) is 0 Å². The molecule has 0 heterocycles. The summed E-state index contributed by atoms with van der Waals surface area (Å²) in [5.74, 6) is -0.638. The molecule has 5 heteroatoms. The summed E-state index contributed by atoms with van der Waals surface area (Å²) < 4.78 is 13.2. The SMILES string of the molecule is CC(CC(=O)N(C)Cc1cccc(F)c1)NC(=O)c1ccccc1. The summed E-state index contributed by atoms with van der Waals surface area (Å²) in [5.41, 5.74) is 1.29. The molecule has 0 fully saturated rings. The second-order valence-corrected chi connectivity index (χ2v) is 5.82. The van der Waals surface area contributed by atoms with Crippen LogP contribution in [0.4, 0.5) is 4.39 Å². The number of hydrogen-bond donors (Lipinski definition) is 1. The van der Waals surface area contributed by atoms with Crippen molar-refractivity contribution in [3.8, 4) is 0 Å². The number of nitrogens with one attached hydrogen (secondary N) is 1. The molecule has 0 aromatic heterocycles. The minimum Gasteiger partial charge on any atom is -0.349 e. The molecule has 2 rings (SSSR count). The first-order valence-electron chi connectivity index (χ1n) is 7.80. The van der Waals surface area contributed by atoms with Crippen LogP contribution in [0.1, 0.15) is 29.3 Å². The van der Waals surface area contributed by atoms with Crippen molar-refractivity contribution in [2.24, 2.45) is 0 Å². The van der Waals surface area contributed by atoms with Crippen molar-refractivity contribution in [3.05, 3.63) is 71.5 Å². The summed E-state index contributed by atoms with van der Waals surface area (Å²) in [6.07, 6.45) is 0.185. The molecular weight excluding hydrogens is 307 g/mol. The van der Waals surface area contributed by atoms with Crippen LogP contribution in [0.25, 0.3) is 0 Å². The predicted octanol–water partition coefficient (Wildman–Crippen LogP) is 2.99. The number of rotatable bonds is 6. The molecule has 4 nitrogen and oxygen atoms in total. The van der Waals surface area contributed by atoms with Gasteiger partial charge in [0.05, 0.1) is 0 Å². The van der Waals surface area contributed by atoms with Crippen LogP contribution < -0.4 is 5.32 Å². The van der Waals surface area contributed by atoms with Crippen molar-refractivity contribution in [3.63, 3.8) is 0 Å². The number of benzene rings is 2. The van der Waals surface area contributed by atoms with Gasteiger partial charge in [-0.1, -0.05) is 30.3 Å². The van der Waals surface area contributed by atoms with Gasteiger partial charge in [-0.25, -0.2) is 4.39 Å². The van der Waals surface area contributed by atoms with Gasteiger partial charge in [-0.2, -0.15) is 0 Å². The Bertz CT molecular complexity index is 704. The fraction of sp³-hybridized carbons (Fsp3) is 0.263. The normalized spacial score (nSPS) is 11.6. The zero-order chi connectivity index (χ0) is 17.5. The van der Waals surface area contributed by atoms with Crippen LogP contribution in [-0.2, 0) is 11.3 Å². The van der Waals surface area contributed by atoms with Crippen LogP contribution in [-0.4, -0.2) is 29.8 Å². The van der Waals surface area contributed by atoms with E-state index in [1.807, 2.05) is 6.07 Å². The van der Waals surface area contributed by atoms with Crippen molar-refractivity contribution >= 4 is 11.8 Å². The largest absolute Gasteiger partial charge is 0.349 e.